The van der Waals surface area contributed by atoms with Gasteiger partial charge in [0.15, 0.2) is 0 Å². The molecule has 1 aromatic carbocycles. The quantitative estimate of drug-likeness (QED) is 0.657. The van der Waals surface area contributed by atoms with Crippen LogP contribution in [0.4, 0.5) is 0 Å². The molecule has 0 unspecified atom stereocenters. The number of H-pyrrole nitrogens is 1. The van der Waals surface area contributed by atoms with Crippen molar-refractivity contribution in [1.82, 2.24) is 14.9 Å². The highest BCUT2D eigenvalue weighted by molar-refractivity contribution is 14.1. The largest absolute Gasteiger partial charge is 0.334 e. The molecule has 2 aromatic heterocycles. The molecule has 0 radical (unpaired) electrons. The van der Waals surface area contributed by atoms with Crippen LogP contribution in [-0.4, -0.2) is 27.8 Å². The lowest BCUT2D eigenvalue weighted by Crippen LogP contribution is -2.28. The van der Waals surface area contributed by atoms with E-state index in [-0.39, 0.29) is 18.0 Å². The first-order valence-electron chi connectivity index (χ1n) is 6.52. The summed E-state index contributed by atoms with van der Waals surface area (Å²) in [6.45, 7) is 0.255. The van der Waals surface area contributed by atoms with Crippen LogP contribution in [0.25, 0.3) is 10.2 Å². The van der Waals surface area contributed by atoms with E-state index >= 15 is 0 Å². The van der Waals surface area contributed by atoms with Gasteiger partial charge in [0, 0.05) is 10.6 Å². The van der Waals surface area contributed by atoms with Crippen LogP contribution in [-0.2, 0) is 6.54 Å². The fourth-order valence-corrected chi connectivity index (χ4v) is 3.48. The van der Waals surface area contributed by atoms with Crippen LogP contribution < -0.4 is 5.56 Å². The number of amides is 1. The number of carbonyl (C=O) groups is 1. The molecule has 0 saturated carbocycles. The third-order valence-electron chi connectivity index (χ3n) is 3.20. The van der Waals surface area contributed by atoms with Crippen LogP contribution in [0.15, 0.2) is 40.5 Å². The van der Waals surface area contributed by atoms with Crippen molar-refractivity contribution in [3.63, 3.8) is 0 Å². The van der Waals surface area contributed by atoms with E-state index in [2.05, 4.69) is 32.6 Å². The molecule has 1 amide bonds. The summed E-state index contributed by atoms with van der Waals surface area (Å²) in [6, 6.07) is 9.21. The molecule has 5 nitrogen and oxygen atoms in total. The van der Waals surface area contributed by atoms with Gasteiger partial charge in [-0.1, -0.05) is 12.1 Å². The Kier molecular flexibility index (Phi) is 4.25. The van der Waals surface area contributed by atoms with Gasteiger partial charge in [-0.15, -0.1) is 11.3 Å². The van der Waals surface area contributed by atoms with Crippen LogP contribution in [0, 0.1) is 3.57 Å². The fraction of sp³-hybridized carbons (Fsp3) is 0.133. The van der Waals surface area contributed by atoms with Crippen LogP contribution in [0.2, 0.25) is 0 Å². The second kappa shape index (κ2) is 6.17. The van der Waals surface area contributed by atoms with E-state index in [1.807, 2.05) is 23.6 Å². The third-order valence-corrected chi connectivity index (χ3v) is 5.04. The first-order chi connectivity index (χ1) is 10.6. The minimum atomic E-state index is -0.162. The number of rotatable bonds is 3. The first kappa shape index (κ1) is 15.2. The summed E-state index contributed by atoms with van der Waals surface area (Å²) in [7, 11) is 1.70. The van der Waals surface area contributed by atoms with Crippen molar-refractivity contribution >= 4 is 50.1 Å². The molecule has 1 N–H and O–H groups in total. The number of halogens is 1. The van der Waals surface area contributed by atoms with Gasteiger partial charge in [0.25, 0.3) is 11.5 Å². The number of benzene rings is 1. The Morgan fingerprint density at radius 1 is 1.36 bits per heavy atom. The lowest BCUT2D eigenvalue weighted by molar-refractivity contribution is 0.0780. The predicted octanol–water partition coefficient (Wildman–Crippen LogP) is 2.86. The summed E-state index contributed by atoms with van der Waals surface area (Å²) in [6.07, 6.45) is 0. The monoisotopic (exact) mass is 425 g/mol. The minimum absolute atomic E-state index is 0.0990. The molecule has 0 aliphatic carbocycles. The normalized spacial score (nSPS) is 10.8. The zero-order valence-corrected chi connectivity index (χ0v) is 14.6. The van der Waals surface area contributed by atoms with Crippen molar-refractivity contribution in [3.8, 4) is 0 Å². The number of nitrogens with zero attached hydrogens (tertiary/aromatic N) is 2. The van der Waals surface area contributed by atoms with Crippen molar-refractivity contribution in [2.45, 2.75) is 6.54 Å². The van der Waals surface area contributed by atoms with Gasteiger partial charge in [-0.2, -0.15) is 0 Å². The van der Waals surface area contributed by atoms with Gasteiger partial charge >= 0.3 is 0 Å². The summed E-state index contributed by atoms with van der Waals surface area (Å²) < 4.78 is 1.50. The standard InChI is InChI=1S/C15H12IN3O2S/c1-19(15(21)9-4-2-3-5-10(9)16)8-12-17-11-6-7-22-13(11)14(20)18-12/h2-7H,8H2,1H3,(H,17,18,20). The molecule has 0 spiro atoms. The van der Waals surface area contributed by atoms with Crippen LogP contribution >= 0.6 is 33.9 Å². The van der Waals surface area contributed by atoms with Gasteiger partial charge in [0.1, 0.15) is 10.5 Å². The fourth-order valence-electron chi connectivity index (χ4n) is 2.13. The molecule has 0 fully saturated rings. The number of nitrogens with one attached hydrogen (secondary N) is 1. The highest BCUT2D eigenvalue weighted by Gasteiger charge is 2.16. The Labute approximate surface area is 144 Å². The van der Waals surface area contributed by atoms with E-state index in [0.717, 1.165) is 3.57 Å². The molecule has 0 saturated heterocycles. The molecule has 0 bridgehead atoms. The molecular formula is C15H12IN3O2S. The number of thiophene rings is 1. The molecule has 7 heteroatoms. The average Bonchev–Trinajstić information content (AvgIpc) is 2.96. The van der Waals surface area contributed by atoms with E-state index in [1.54, 1.807) is 24.1 Å². The van der Waals surface area contributed by atoms with Crippen molar-refractivity contribution in [3.05, 3.63) is 61.0 Å². The Balaban J connectivity index is 1.86. The van der Waals surface area contributed by atoms with Crippen molar-refractivity contribution < 1.29 is 4.79 Å². The Morgan fingerprint density at radius 2 is 2.14 bits per heavy atom. The van der Waals surface area contributed by atoms with Crippen molar-refractivity contribution in [2.24, 2.45) is 0 Å². The summed E-state index contributed by atoms with van der Waals surface area (Å²) in [5.74, 6) is 0.385. The lowest BCUT2D eigenvalue weighted by atomic mass is 10.2. The van der Waals surface area contributed by atoms with E-state index in [1.165, 1.54) is 11.3 Å². The van der Waals surface area contributed by atoms with E-state index in [4.69, 9.17) is 0 Å². The molecule has 3 aromatic rings. The maximum Gasteiger partial charge on any atom is 0.268 e. The summed E-state index contributed by atoms with van der Waals surface area (Å²) in [4.78, 5) is 33.1. The van der Waals surface area contributed by atoms with Crippen LogP contribution in [0.3, 0.4) is 0 Å². The summed E-state index contributed by atoms with van der Waals surface area (Å²) in [5, 5.41) is 1.83. The topological polar surface area (TPSA) is 66.1 Å². The zero-order valence-electron chi connectivity index (χ0n) is 11.7. The molecule has 0 aliphatic heterocycles. The molecule has 112 valence electrons. The number of aromatic amines is 1. The zero-order chi connectivity index (χ0) is 15.7. The highest BCUT2D eigenvalue weighted by Crippen LogP contribution is 2.16. The molecule has 0 atom stereocenters. The highest BCUT2D eigenvalue weighted by atomic mass is 127. The summed E-state index contributed by atoms with van der Waals surface area (Å²) in [5.41, 5.74) is 1.15. The number of carbonyl (C=O) groups excluding carboxylic acids is 1. The van der Waals surface area contributed by atoms with E-state index in [9.17, 15) is 9.59 Å². The summed E-state index contributed by atoms with van der Waals surface area (Å²) >= 11 is 3.50. The van der Waals surface area contributed by atoms with Gasteiger partial charge in [0.05, 0.1) is 17.6 Å². The number of hydrogen-bond donors (Lipinski definition) is 1. The van der Waals surface area contributed by atoms with Crippen LogP contribution in [0.5, 0.6) is 0 Å². The van der Waals surface area contributed by atoms with E-state index < -0.39 is 0 Å². The minimum Gasteiger partial charge on any atom is -0.334 e. The lowest BCUT2D eigenvalue weighted by Gasteiger charge is -2.17. The molecule has 3 rings (SSSR count). The van der Waals surface area contributed by atoms with Crippen molar-refractivity contribution in [2.75, 3.05) is 7.05 Å². The Morgan fingerprint density at radius 3 is 2.91 bits per heavy atom. The second-order valence-electron chi connectivity index (χ2n) is 4.79. The number of fused-ring (bicyclic) bond motifs is 1. The second-order valence-corrected chi connectivity index (χ2v) is 6.87. The Hall–Kier alpha value is -1.74. The molecule has 0 aliphatic rings. The van der Waals surface area contributed by atoms with Gasteiger partial charge in [-0.05, 0) is 46.2 Å². The maximum absolute atomic E-state index is 12.5. The maximum atomic E-state index is 12.5. The smallest absolute Gasteiger partial charge is 0.268 e. The van der Waals surface area contributed by atoms with Gasteiger partial charge in [-0.3, -0.25) is 9.59 Å². The van der Waals surface area contributed by atoms with Crippen LogP contribution in [0.1, 0.15) is 16.2 Å². The number of hydrogen-bond acceptors (Lipinski definition) is 4. The Bertz CT molecular complexity index is 903. The SMILES string of the molecule is CN(Cc1nc2ccsc2c(=O)[nH]1)C(=O)c1ccccc1I. The number of aromatic nitrogens is 2. The molecule has 22 heavy (non-hydrogen) atoms. The van der Waals surface area contributed by atoms with Gasteiger partial charge in [0.2, 0.25) is 0 Å². The third kappa shape index (κ3) is 2.91. The average molecular weight is 425 g/mol. The van der Waals surface area contributed by atoms with Gasteiger partial charge < -0.3 is 9.88 Å². The molecular weight excluding hydrogens is 413 g/mol. The first-order valence-corrected chi connectivity index (χ1v) is 8.48. The van der Waals surface area contributed by atoms with Crippen molar-refractivity contribution in [1.29, 1.82) is 0 Å². The van der Waals surface area contributed by atoms with Gasteiger partial charge in [-0.25, -0.2) is 4.98 Å². The van der Waals surface area contributed by atoms with E-state index in [0.29, 0.717) is 21.6 Å². The molecule has 2 heterocycles. The predicted molar refractivity (Wildman–Crippen MR) is 95.2 cm³/mol.